The third-order valence-corrected chi connectivity index (χ3v) is 5.34. The number of aliphatic hydroxyl groups is 1. The quantitative estimate of drug-likeness (QED) is 0.353. The first-order chi connectivity index (χ1) is 14.9. The molecule has 4 rings (SSSR count). The highest BCUT2D eigenvalue weighted by molar-refractivity contribution is 6.51. The van der Waals surface area contributed by atoms with Crippen LogP contribution in [-0.2, 0) is 9.59 Å². The van der Waals surface area contributed by atoms with Crippen molar-refractivity contribution in [2.24, 2.45) is 0 Å². The number of phenols is 1. The Morgan fingerprint density at radius 2 is 1.71 bits per heavy atom. The molecule has 1 saturated heterocycles. The van der Waals surface area contributed by atoms with Crippen LogP contribution in [0.5, 0.6) is 11.5 Å². The molecule has 1 unspecified atom stereocenters. The Morgan fingerprint density at radius 1 is 1.00 bits per heavy atom. The van der Waals surface area contributed by atoms with E-state index in [1.807, 2.05) is 0 Å². The number of hydrogen-bond acceptors (Lipinski definition) is 5. The summed E-state index contributed by atoms with van der Waals surface area (Å²) in [6.07, 6.45) is 0. The molecule has 3 aromatic carbocycles. The van der Waals surface area contributed by atoms with Crippen molar-refractivity contribution in [3.63, 3.8) is 0 Å². The molecule has 0 aliphatic carbocycles. The van der Waals surface area contributed by atoms with Gasteiger partial charge in [0.1, 0.15) is 17.3 Å². The molecule has 0 radical (unpaired) electrons. The summed E-state index contributed by atoms with van der Waals surface area (Å²) >= 11 is 6.12. The van der Waals surface area contributed by atoms with Crippen molar-refractivity contribution in [3.05, 3.63) is 94.5 Å². The van der Waals surface area contributed by atoms with E-state index in [-0.39, 0.29) is 22.6 Å². The van der Waals surface area contributed by atoms with Gasteiger partial charge in [0.2, 0.25) is 0 Å². The number of aromatic hydroxyl groups is 1. The Hall–Kier alpha value is -3.77. The molecule has 1 aliphatic heterocycles. The largest absolute Gasteiger partial charge is 0.508 e. The number of amides is 1. The average Bonchev–Trinajstić information content (AvgIpc) is 3.04. The number of ketones is 1. The molecule has 1 aliphatic rings. The van der Waals surface area contributed by atoms with Gasteiger partial charge < -0.3 is 14.9 Å². The zero-order chi connectivity index (χ0) is 22.1. The SMILES string of the molecule is COc1ccccc1/C(O)=C1\C(=O)C(=O)N(c2cccc(Cl)c2)C1c1ccc(O)cc1. The molecule has 6 nitrogen and oxygen atoms in total. The van der Waals surface area contributed by atoms with Crippen LogP contribution in [-0.4, -0.2) is 29.0 Å². The van der Waals surface area contributed by atoms with Gasteiger partial charge in [-0.25, -0.2) is 0 Å². The van der Waals surface area contributed by atoms with E-state index in [1.54, 1.807) is 60.7 Å². The van der Waals surface area contributed by atoms with Crippen molar-refractivity contribution in [2.75, 3.05) is 12.0 Å². The van der Waals surface area contributed by atoms with Crippen LogP contribution in [0.15, 0.2) is 78.4 Å². The normalized spacial score (nSPS) is 17.7. The number of rotatable bonds is 4. The predicted molar refractivity (Wildman–Crippen MR) is 117 cm³/mol. The lowest BCUT2D eigenvalue weighted by Gasteiger charge is -2.25. The van der Waals surface area contributed by atoms with Gasteiger partial charge in [0.15, 0.2) is 0 Å². The van der Waals surface area contributed by atoms with Crippen molar-refractivity contribution in [1.29, 1.82) is 0 Å². The van der Waals surface area contributed by atoms with Gasteiger partial charge in [0.05, 0.1) is 24.3 Å². The molecule has 1 atom stereocenters. The summed E-state index contributed by atoms with van der Waals surface area (Å²) in [5.74, 6) is -1.58. The van der Waals surface area contributed by atoms with Crippen LogP contribution >= 0.6 is 11.6 Å². The zero-order valence-corrected chi connectivity index (χ0v) is 17.2. The fourth-order valence-corrected chi connectivity index (χ4v) is 3.87. The van der Waals surface area contributed by atoms with Crippen LogP contribution in [0.1, 0.15) is 17.2 Å². The number of carbonyl (C=O) groups is 2. The molecular weight excluding hydrogens is 418 g/mol. The van der Waals surface area contributed by atoms with Crippen LogP contribution in [0.4, 0.5) is 5.69 Å². The van der Waals surface area contributed by atoms with Gasteiger partial charge in [-0.05, 0) is 48.0 Å². The molecule has 0 aromatic heterocycles. The van der Waals surface area contributed by atoms with Gasteiger partial charge in [0, 0.05) is 10.7 Å². The number of anilines is 1. The van der Waals surface area contributed by atoms with E-state index in [0.717, 1.165) is 0 Å². The monoisotopic (exact) mass is 435 g/mol. The Bertz CT molecular complexity index is 1200. The first-order valence-corrected chi connectivity index (χ1v) is 9.79. The highest BCUT2D eigenvalue weighted by Crippen LogP contribution is 2.43. The highest BCUT2D eigenvalue weighted by Gasteiger charge is 2.47. The Morgan fingerprint density at radius 3 is 2.39 bits per heavy atom. The zero-order valence-electron chi connectivity index (χ0n) is 16.4. The number of hydrogen-bond donors (Lipinski definition) is 2. The standard InChI is InChI=1S/C24H18ClNO5/c1-31-19-8-3-2-7-18(19)22(28)20-21(14-9-11-17(27)12-10-14)26(24(30)23(20)29)16-6-4-5-15(25)13-16/h2-13,21,27-28H,1H3/b22-20+. The number of carbonyl (C=O) groups excluding carboxylic acids is 2. The minimum absolute atomic E-state index is 0.0354. The van der Waals surface area contributed by atoms with E-state index in [1.165, 1.54) is 24.1 Å². The van der Waals surface area contributed by atoms with Crippen LogP contribution in [0.25, 0.3) is 5.76 Å². The molecular formula is C24H18ClNO5. The first-order valence-electron chi connectivity index (χ1n) is 9.41. The summed E-state index contributed by atoms with van der Waals surface area (Å²) in [4.78, 5) is 27.5. The molecule has 0 bridgehead atoms. The lowest BCUT2D eigenvalue weighted by atomic mass is 9.94. The summed E-state index contributed by atoms with van der Waals surface area (Å²) in [5, 5.41) is 21.2. The maximum Gasteiger partial charge on any atom is 0.300 e. The molecule has 7 heteroatoms. The second-order valence-corrected chi connectivity index (χ2v) is 7.38. The molecule has 0 spiro atoms. The third kappa shape index (κ3) is 3.62. The van der Waals surface area contributed by atoms with Crippen molar-refractivity contribution in [2.45, 2.75) is 6.04 Å². The minimum Gasteiger partial charge on any atom is -0.508 e. The van der Waals surface area contributed by atoms with Crippen LogP contribution in [0.2, 0.25) is 5.02 Å². The average molecular weight is 436 g/mol. The van der Waals surface area contributed by atoms with E-state index < -0.39 is 17.7 Å². The molecule has 0 saturated carbocycles. The Labute approximate surface area is 183 Å². The topological polar surface area (TPSA) is 87.1 Å². The smallest absolute Gasteiger partial charge is 0.300 e. The van der Waals surface area contributed by atoms with Crippen molar-refractivity contribution in [1.82, 2.24) is 0 Å². The summed E-state index contributed by atoms with van der Waals surface area (Å²) in [7, 11) is 1.45. The van der Waals surface area contributed by atoms with Crippen LogP contribution in [0.3, 0.4) is 0 Å². The van der Waals surface area contributed by atoms with Crippen LogP contribution < -0.4 is 9.64 Å². The number of methoxy groups -OCH3 is 1. The van der Waals surface area contributed by atoms with E-state index in [0.29, 0.717) is 22.0 Å². The maximum absolute atomic E-state index is 13.1. The molecule has 31 heavy (non-hydrogen) atoms. The number of phenolic OH excluding ortho intramolecular Hbond substituents is 1. The summed E-state index contributed by atoms with van der Waals surface area (Å²) in [6, 6.07) is 18.4. The van der Waals surface area contributed by atoms with Gasteiger partial charge in [-0.1, -0.05) is 41.9 Å². The fourth-order valence-electron chi connectivity index (χ4n) is 3.68. The Balaban J connectivity index is 1.98. The molecule has 1 amide bonds. The van der Waals surface area contributed by atoms with E-state index >= 15 is 0 Å². The molecule has 156 valence electrons. The maximum atomic E-state index is 13.1. The number of aliphatic hydroxyl groups excluding tert-OH is 1. The second-order valence-electron chi connectivity index (χ2n) is 6.94. The van der Waals surface area contributed by atoms with E-state index in [4.69, 9.17) is 16.3 Å². The molecule has 1 fully saturated rings. The van der Waals surface area contributed by atoms with Gasteiger partial charge >= 0.3 is 0 Å². The third-order valence-electron chi connectivity index (χ3n) is 5.10. The first kappa shape index (κ1) is 20.5. The van der Waals surface area contributed by atoms with E-state index in [2.05, 4.69) is 0 Å². The summed E-state index contributed by atoms with van der Waals surface area (Å²) < 4.78 is 5.32. The molecule has 1 heterocycles. The van der Waals surface area contributed by atoms with Gasteiger partial charge in [-0.3, -0.25) is 14.5 Å². The van der Waals surface area contributed by atoms with Crippen molar-refractivity contribution >= 4 is 34.7 Å². The van der Waals surface area contributed by atoms with Gasteiger partial charge in [-0.2, -0.15) is 0 Å². The highest BCUT2D eigenvalue weighted by atomic mass is 35.5. The lowest BCUT2D eigenvalue weighted by molar-refractivity contribution is -0.132. The van der Waals surface area contributed by atoms with E-state index in [9.17, 15) is 19.8 Å². The second kappa shape index (κ2) is 8.16. The minimum atomic E-state index is -0.927. The van der Waals surface area contributed by atoms with Crippen molar-refractivity contribution < 1.29 is 24.5 Å². The van der Waals surface area contributed by atoms with Gasteiger partial charge in [-0.15, -0.1) is 0 Å². The lowest BCUT2D eigenvalue weighted by Crippen LogP contribution is -2.29. The summed E-state index contributed by atoms with van der Waals surface area (Å²) in [5.41, 5.74) is 1.15. The van der Waals surface area contributed by atoms with Crippen LogP contribution in [0, 0.1) is 0 Å². The number of benzene rings is 3. The number of halogens is 1. The number of Topliss-reactive ketones (excluding diaryl/α,β-unsaturated/α-hetero) is 1. The fraction of sp³-hybridized carbons (Fsp3) is 0.0833. The Kier molecular flexibility index (Phi) is 5.40. The van der Waals surface area contributed by atoms with Crippen molar-refractivity contribution in [3.8, 4) is 11.5 Å². The predicted octanol–water partition coefficient (Wildman–Crippen LogP) is 4.68. The molecule has 3 aromatic rings. The number of ether oxygens (including phenoxy) is 1. The van der Waals surface area contributed by atoms with Gasteiger partial charge in [0.25, 0.3) is 11.7 Å². The number of para-hydroxylation sites is 1. The molecule has 2 N–H and O–H groups in total. The number of nitrogens with zero attached hydrogens (tertiary/aromatic N) is 1. The summed E-state index contributed by atoms with van der Waals surface area (Å²) in [6.45, 7) is 0.